The van der Waals surface area contributed by atoms with Crippen molar-refractivity contribution in [1.82, 2.24) is 66.7 Å². The van der Waals surface area contributed by atoms with Crippen molar-refractivity contribution < 1.29 is 88.2 Å². The molecular weight excluding hydrogens is 1370 g/mol. The van der Waals surface area contributed by atoms with Crippen molar-refractivity contribution in [3.05, 3.63) is 102 Å². The number of nitrogens with one attached hydrogen (secondary N) is 8. The first-order chi connectivity index (χ1) is 49.8. The van der Waals surface area contributed by atoms with Crippen molar-refractivity contribution >= 4 is 93.8 Å². The van der Waals surface area contributed by atoms with Crippen molar-refractivity contribution in [2.75, 3.05) is 110 Å². The summed E-state index contributed by atoms with van der Waals surface area (Å²) in [6.07, 6.45) is 2.77. The highest BCUT2D eigenvalue weighted by Crippen LogP contribution is 2.22. The van der Waals surface area contributed by atoms with Crippen LogP contribution in [0, 0.1) is 0 Å². The number of carbonyl (C=O) groups excluding carboxylic acids is 8. The lowest BCUT2D eigenvalue weighted by Gasteiger charge is -2.35. The van der Waals surface area contributed by atoms with Gasteiger partial charge in [-0.1, -0.05) is 73.5 Å². The smallest absolute Gasteiger partial charge is 0.320 e. The number of thioether (sulfide) groups is 1. The van der Waals surface area contributed by atoms with E-state index in [4.69, 9.17) is 5.73 Å². The number of para-hydroxylation sites is 1. The molecule has 0 radical (unpaired) electrons. The number of likely N-dealkylation sites (N-methyl/N-ethyl adjacent to an activating group) is 1. The largest absolute Gasteiger partial charge is 0.508 e. The highest BCUT2D eigenvalue weighted by Gasteiger charge is 2.39. The van der Waals surface area contributed by atoms with E-state index in [2.05, 4.69) is 42.2 Å². The summed E-state index contributed by atoms with van der Waals surface area (Å²) >= 11 is 1.17. The Morgan fingerprint density at radius 3 is 1.65 bits per heavy atom. The summed E-state index contributed by atoms with van der Waals surface area (Å²) in [6, 6.07) is 12.1. The molecule has 8 atom stereocenters. The van der Waals surface area contributed by atoms with E-state index in [0.29, 0.717) is 61.8 Å². The Morgan fingerprint density at radius 2 is 1.08 bits per heavy atom. The van der Waals surface area contributed by atoms with Crippen LogP contribution < -0.4 is 43.0 Å². The van der Waals surface area contributed by atoms with Gasteiger partial charge >= 0.3 is 23.9 Å². The van der Waals surface area contributed by atoms with Crippen LogP contribution in [0.2, 0.25) is 0 Å². The fourth-order valence-electron chi connectivity index (χ4n) is 12.5. The Kier molecular flexibility index (Phi) is 35.2. The minimum absolute atomic E-state index is 0.0369. The molecule has 6 rings (SSSR count). The van der Waals surface area contributed by atoms with Crippen molar-refractivity contribution in [1.29, 1.82) is 0 Å². The molecule has 32 nitrogen and oxygen atoms in total. The summed E-state index contributed by atoms with van der Waals surface area (Å²) in [4.78, 5) is 174. The third-order valence-electron chi connectivity index (χ3n) is 18.2. The Hall–Kier alpha value is -9.25. The average Bonchev–Trinajstić information content (AvgIpc) is 1.08. The number of aliphatic hydroxyl groups is 1. The van der Waals surface area contributed by atoms with Crippen LogP contribution in [-0.4, -0.2) is 290 Å². The molecule has 1 aromatic heterocycles. The monoisotopic (exact) mass is 1470 g/mol. The van der Waals surface area contributed by atoms with Crippen molar-refractivity contribution in [3.8, 4) is 5.75 Å². The van der Waals surface area contributed by atoms with E-state index in [9.17, 15) is 73.8 Å². The highest BCUT2D eigenvalue weighted by molar-refractivity contribution is 7.99. The van der Waals surface area contributed by atoms with Crippen LogP contribution in [0.1, 0.15) is 87.8 Å². The summed E-state index contributed by atoms with van der Waals surface area (Å²) in [5, 5.41) is 80.7. The summed E-state index contributed by atoms with van der Waals surface area (Å²) in [7, 11) is 1.36. The Labute approximate surface area is 608 Å². The van der Waals surface area contributed by atoms with Crippen LogP contribution in [0.25, 0.3) is 10.9 Å². The molecule has 0 saturated carbocycles. The minimum atomic E-state index is -1.66. The van der Waals surface area contributed by atoms with Gasteiger partial charge < -0.3 is 83.5 Å². The van der Waals surface area contributed by atoms with E-state index in [1.54, 1.807) is 68.3 Å². The topological polar surface area (TPSA) is 468 Å². The second kappa shape index (κ2) is 43.8. The number of phenols is 1. The third-order valence-corrected chi connectivity index (χ3v) is 19.2. The van der Waals surface area contributed by atoms with Crippen LogP contribution in [0.3, 0.4) is 0 Å². The lowest BCUT2D eigenvalue weighted by molar-refractivity contribution is -0.145. The number of nitrogens with two attached hydrogens (primary N) is 1. The number of H-pyrrole nitrogens is 1. The number of rotatable bonds is 34. The van der Waals surface area contributed by atoms with Gasteiger partial charge in [-0.3, -0.25) is 77.1 Å². The number of aromatic hydroxyl groups is 1. The number of fused-ring (bicyclic) bond motifs is 1. The molecule has 0 aliphatic carbocycles. The SMILES string of the molecule is C[C@@H](O)[C@@H]1NC(=O)[C@H](CCCCN)NC(=O)[C@@H](Cc2c[nH]c3ccccc23)NC(=O)[C@H](Cc2ccc(O)cc2)NC(=O)[C@H](CCSCC(=O)NCCCCCCNC(=O)CCC(C(=O)O)N2CCN(CC(=O)O)CCN(CC(=O)O)CCN(CC(=O)O)CC2)N(C)C(=O)[C@H](Cc2ccccc2)NC1=O. The number of aromatic nitrogens is 1. The molecule has 8 amide bonds. The Bertz CT molecular complexity index is 3460. The van der Waals surface area contributed by atoms with Crippen LogP contribution in [0.4, 0.5) is 0 Å². The van der Waals surface area contributed by atoms with E-state index in [-0.39, 0.29) is 159 Å². The molecule has 1 unspecified atom stereocenters. The van der Waals surface area contributed by atoms with Crippen molar-refractivity contribution in [3.63, 3.8) is 0 Å². The van der Waals surface area contributed by atoms with E-state index in [1.165, 1.54) is 37.9 Å². The molecule has 0 bridgehead atoms. The molecule has 4 aromatic rings. The van der Waals surface area contributed by atoms with Gasteiger partial charge in [0.1, 0.15) is 48.0 Å². The van der Waals surface area contributed by atoms with E-state index in [1.807, 2.05) is 24.3 Å². The highest BCUT2D eigenvalue weighted by atomic mass is 32.2. The molecule has 16 N–H and O–H groups in total. The molecule has 2 fully saturated rings. The fourth-order valence-corrected chi connectivity index (χ4v) is 13.3. The predicted octanol–water partition coefficient (Wildman–Crippen LogP) is -0.699. The fraction of sp³-hybridized carbons (Fsp3) is 0.549. The second-order valence-electron chi connectivity index (χ2n) is 26.2. The van der Waals surface area contributed by atoms with Gasteiger partial charge in [-0.2, -0.15) is 11.8 Å². The normalized spacial score (nSPS) is 20.8. The number of unbranched alkanes of at least 4 members (excludes halogenated alkanes) is 4. The van der Waals surface area contributed by atoms with E-state index in [0.717, 1.165) is 15.8 Å². The summed E-state index contributed by atoms with van der Waals surface area (Å²) < 4.78 is 0. The zero-order valence-corrected chi connectivity index (χ0v) is 59.8. The Morgan fingerprint density at radius 1 is 0.567 bits per heavy atom. The first-order valence-electron chi connectivity index (χ1n) is 35.2. The third kappa shape index (κ3) is 28.8. The number of phenolic OH excluding ortho intramolecular Hbond substituents is 1. The van der Waals surface area contributed by atoms with Gasteiger partial charge in [0.25, 0.3) is 0 Å². The standard InChI is InChI=1S/C71H102N14O18S/c1-46(86)64-69(100)79-56(39-47-14-6-5-7-15-47)70(101)81(2)57(68(99)78-54(38-48-19-21-50(87)22-20-48)66(97)77-55(40-49-41-75-52-17-9-8-16-51(49)52)67(98)76-53(65(96)80-64)18-10-11-26-72)25-37-104-45-60(89)74-28-13-4-3-12-27-73-59(88)24-23-58(71(102)103)85-35-33-83(43-62(92)93)31-29-82(42-61(90)91)30-32-84(34-36-85)44-63(94)95/h5-9,14-17,19-22,41,46,53-58,64,75,86-87H,3-4,10-13,18,23-40,42-45,72H2,1-2H3,(H,73,88)(H,74,89)(H,76,98)(H,77,97)(H,78,99)(H,79,100)(H,80,96)(H,90,91)(H,92,93)(H,94,95)(H,102,103)/t46-,53+,54+,55-,56+,57+,58?,64+/m1/s1. The number of hydrogen-bond donors (Lipinski definition) is 15. The molecule has 2 saturated heterocycles. The number of hydrogen-bond acceptors (Lipinski definition) is 20. The van der Waals surface area contributed by atoms with Crippen molar-refractivity contribution in [2.24, 2.45) is 5.73 Å². The first kappa shape index (κ1) is 83.7. The number of amides is 8. The van der Waals surface area contributed by atoms with Crippen LogP contribution in [0.15, 0.2) is 85.1 Å². The first-order valence-corrected chi connectivity index (χ1v) is 36.4. The van der Waals surface area contributed by atoms with Crippen LogP contribution in [-0.2, 0) is 76.8 Å². The van der Waals surface area contributed by atoms with Crippen LogP contribution >= 0.6 is 11.8 Å². The lowest BCUT2D eigenvalue weighted by atomic mass is 10.00. The molecular formula is C71H102N14O18S. The molecule has 0 spiro atoms. The maximum Gasteiger partial charge on any atom is 0.320 e. The van der Waals surface area contributed by atoms with Gasteiger partial charge in [-0.05, 0) is 99.1 Å². The zero-order valence-electron chi connectivity index (χ0n) is 59.0. The molecule has 2 aliphatic heterocycles. The number of benzene rings is 3. The van der Waals surface area contributed by atoms with Gasteiger partial charge in [0.2, 0.25) is 47.3 Å². The number of carboxylic acids is 4. The predicted molar refractivity (Wildman–Crippen MR) is 386 cm³/mol. The number of carboxylic acid groups (broad SMARTS) is 4. The zero-order chi connectivity index (χ0) is 75.7. The van der Waals surface area contributed by atoms with Gasteiger partial charge in [-0.15, -0.1) is 0 Å². The number of aliphatic carboxylic acids is 4. The van der Waals surface area contributed by atoms with Gasteiger partial charge in [-0.25, -0.2) is 0 Å². The van der Waals surface area contributed by atoms with Crippen molar-refractivity contribution in [2.45, 2.75) is 139 Å². The minimum Gasteiger partial charge on any atom is -0.508 e. The number of aromatic amines is 1. The van der Waals surface area contributed by atoms with Gasteiger partial charge in [0, 0.05) is 115 Å². The number of aliphatic hydroxyl groups excluding tert-OH is 1. The second-order valence-corrected chi connectivity index (χ2v) is 27.3. The Balaban J connectivity index is 1.10. The van der Waals surface area contributed by atoms with Crippen LogP contribution in [0.5, 0.6) is 5.75 Å². The summed E-state index contributed by atoms with van der Waals surface area (Å²) in [5.74, 6) is -10.2. The molecule has 2 aliphatic rings. The van der Waals surface area contributed by atoms with E-state index >= 15 is 14.4 Å². The van der Waals surface area contributed by atoms with E-state index < -0.39 is 108 Å². The maximum atomic E-state index is 15.1. The van der Waals surface area contributed by atoms with Gasteiger partial charge in [0.05, 0.1) is 31.5 Å². The average molecular weight is 1470 g/mol. The summed E-state index contributed by atoms with van der Waals surface area (Å²) in [5.41, 5.74) is 8.30. The summed E-state index contributed by atoms with van der Waals surface area (Å²) in [6.45, 7) is 2.03. The molecule has 3 aromatic carbocycles. The quantitative estimate of drug-likeness (QED) is 0.0257. The molecule has 570 valence electrons. The molecule has 104 heavy (non-hydrogen) atoms. The number of carbonyl (C=O) groups is 12. The lowest BCUT2D eigenvalue weighted by Crippen LogP contribution is -2.63. The number of nitrogens with zero attached hydrogens (tertiary/aromatic N) is 5. The molecule has 3 heterocycles. The van der Waals surface area contributed by atoms with Gasteiger partial charge in [0.15, 0.2) is 0 Å². The molecule has 33 heteroatoms. The maximum absolute atomic E-state index is 15.1.